The molecule has 20 heavy (non-hydrogen) atoms. The van der Waals surface area contributed by atoms with E-state index in [4.69, 9.17) is 23.2 Å². The molecule has 106 valence electrons. The largest absolute Gasteiger partial charge is 0.313 e. The van der Waals surface area contributed by atoms with Gasteiger partial charge in [0.05, 0.1) is 0 Å². The van der Waals surface area contributed by atoms with Gasteiger partial charge in [0.15, 0.2) is 0 Å². The van der Waals surface area contributed by atoms with Crippen molar-refractivity contribution in [3.05, 3.63) is 57.6 Å². The van der Waals surface area contributed by atoms with E-state index in [-0.39, 0.29) is 0 Å². The van der Waals surface area contributed by atoms with Crippen LogP contribution in [-0.4, -0.2) is 6.54 Å². The Kier molecular flexibility index (Phi) is 5.47. The van der Waals surface area contributed by atoms with Crippen molar-refractivity contribution in [2.45, 2.75) is 26.8 Å². The highest BCUT2D eigenvalue weighted by atomic mass is 35.5. The molecule has 0 aromatic heterocycles. The van der Waals surface area contributed by atoms with Crippen LogP contribution in [0.2, 0.25) is 10.0 Å². The minimum atomic E-state index is 0.664. The molecule has 0 saturated carbocycles. The highest BCUT2D eigenvalue weighted by molar-refractivity contribution is 6.36. The Bertz CT molecular complexity index is 594. The molecule has 0 unspecified atom stereocenters. The molecule has 0 heterocycles. The second-order valence-corrected chi connectivity index (χ2v) is 5.79. The summed E-state index contributed by atoms with van der Waals surface area (Å²) in [6.45, 7) is 6.24. The minimum Gasteiger partial charge on any atom is -0.313 e. The summed E-state index contributed by atoms with van der Waals surface area (Å²) in [5.41, 5.74) is 4.71. The molecule has 0 amide bonds. The Morgan fingerprint density at radius 1 is 1.00 bits per heavy atom. The summed E-state index contributed by atoms with van der Waals surface area (Å²) in [6.07, 6.45) is 1.15. The van der Waals surface area contributed by atoms with Crippen LogP contribution in [0.3, 0.4) is 0 Å². The lowest BCUT2D eigenvalue weighted by Crippen LogP contribution is -2.13. The summed E-state index contributed by atoms with van der Waals surface area (Å²) in [4.78, 5) is 0. The SMILES string of the molecule is CCCNCc1ccc(-c2ccc(Cl)cc2Cl)c(C)c1. The Morgan fingerprint density at radius 2 is 1.75 bits per heavy atom. The van der Waals surface area contributed by atoms with Crippen molar-refractivity contribution in [1.29, 1.82) is 0 Å². The second kappa shape index (κ2) is 7.12. The van der Waals surface area contributed by atoms with Crippen LogP contribution in [0.25, 0.3) is 11.1 Å². The first-order chi connectivity index (χ1) is 9.61. The number of nitrogens with one attached hydrogen (secondary N) is 1. The highest BCUT2D eigenvalue weighted by Crippen LogP contribution is 2.32. The van der Waals surface area contributed by atoms with Gasteiger partial charge in [-0.2, -0.15) is 0 Å². The fraction of sp³-hybridized carbons (Fsp3) is 0.294. The fourth-order valence-corrected chi connectivity index (χ4v) is 2.77. The van der Waals surface area contributed by atoms with E-state index in [1.54, 1.807) is 6.07 Å². The molecular weight excluding hydrogens is 289 g/mol. The third kappa shape index (κ3) is 3.76. The number of rotatable bonds is 5. The maximum Gasteiger partial charge on any atom is 0.0499 e. The highest BCUT2D eigenvalue weighted by Gasteiger charge is 2.07. The lowest BCUT2D eigenvalue weighted by molar-refractivity contribution is 0.675. The fourth-order valence-electron chi connectivity index (χ4n) is 2.26. The van der Waals surface area contributed by atoms with E-state index in [0.29, 0.717) is 10.0 Å². The quantitative estimate of drug-likeness (QED) is 0.722. The van der Waals surface area contributed by atoms with Crippen LogP contribution < -0.4 is 5.32 Å². The average molecular weight is 308 g/mol. The molecule has 0 fully saturated rings. The maximum absolute atomic E-state index is 6.28. The Hall–Kier alpha value is -1.02. The van der Waals surface area contributed by atoms with E-state index < -0.39 is 0 Å². The van der Waals surface area contributed by atoms with Crippen LogP contribution in [0.1, 0.15) is 24.5 Å². The zero-order valence-corrected chi connectivity index (χ0v) is 13.4. The molecular formula is C17H19Cl2N. The number of aryl methyl sites for hydroxylation is 1. The van der Waals surface area contributed by atoms with Gasteiger partial charge in [-0.3, -0.25) is 0 Å². The molecule has 2 aromatic carbocycles. The molecule has 2 aromatic rings. The molecule has 0 radical (unpaired) electrons. The van der Waals surface area contributed by atoms with Crippen LogP contribution in [0.5, 0.6) is 0 Å². The number of hydrogen-bond acceptors (Lipinski definition) is 1. The number of hydrogen-bond donors (Lipinski definition) is 1. The first-order valence-electron chi connectivity index (χ1n) is 6.87. The molecule has 0 spiro atoms. The Balaban J connectivity index is 2.25. The van der Waals surface area contributed by atoms with E-state index in [1.165, 1.54) is 11.1 Å². The monoisotopic (exact) mass is 307 g/mol. The topological polar surface area (TPSA) is 12.0 Å². The maximum atomic E-state index is 6.28. The molecule has 0 bridgehead atoms. The van der Waals surface area contributed by atoms with Crippen LogP contribution in [0, 0.1) is 6.92 Å². The van der Waals surface area contributed by atoms with Crippen molar-refractivity contribution in [2.75, 3.05) is 6.54 Å². The first kappa shape index (κ1) is 15.4. The number of halogens is 2. The molecule has 0 aliphatic carbocycles. The van der Waals surface area contributed by atoms with Crippen molar-refractivity contribution < 1.29 is 0 Å². The van der Waals surface area contributed by atoms with Crippen LogP contribution in [0.4, 0.5) is 0 Å². The van der Waals surface area contributed by atoms with Gasteiger partial charge < -0.3 is 5.32 Å². The summed E-state index contributed by atoms with van der Waals surface area (Å²) in [7, 11) is 0. The summed E-state index contributed by atoms with van der Waals surface area (Å²) >= 11 is 12.2. The van der Waals surface area contributed by atoms with Gasteiger partial charge in [-0.1, -0.05) is 54.4 Å². The zero-order chi connectivity index (χ0) is 14.5. The van der Waals surface area contributed by atoms with E-state index in [1.807, 2.05) is 12.1 Å². The molecule has 0 saturated heterocycles. The average Bonchev–Trinajstić information content (AvgIpc) is 2.40. The molecule has 0 aliphatic heterocycles. The number of benzene rings is 2. The van der Waals surface area contributed by atoms with Gasteiger partial charge in [0.2, 0.25) is 0 Å². The van der Waals surface area contributed by atoms with Crippen LogP contribution in [0.15, 0.2) is 36.4 Å². The van der Waals surface area contributed by atoms with E-state index in [2.05, 4.69) is 37.4 Å². The van der Waals surface area contributed by atoms with Gasteiger partial charge in [0.25, 0.3) is 0 Å². The van der Waals surface area contributed by atoms with Gasteiger partial charge in [-0.05, 0) is 48.7 Å². The standard InChI is InChI=1S/C17H19Cl2N/c1-3-8-20-11-13-4-6-15(12(2)9-13)16-7-5-14(18)10-17(16)19/h4-7,9-10,20H,3,8,11H2,1-2H3. The molecule has 1 N–H and O–H groups in total. The van der Waals surface area contributed by atoms with Crippen molar-refractivity contribution in [3.8, 4) is 11.1 Å². The Labute approximate surface area is 130 Å². The van der Waals surface area contributed by atoms with Crippen molar-refractivity contribution in [1.82, 2.24) is 5.32 Å². The van der Waals surface area contributed by atoms with E-state index in [0.717, 1.165) is 30.6 Å². The summed E-state index contributed by atoms with van der Waals surface area (Å²) in [5.74, 6) is 0. The lowest BCUT2D eigenvalue weighted by Gasteiger charge is -2.11. The molecule has 1 nitrogen and oxygen atoms in total. The van der Waals surface area contributed by atoms with Crippen LogP contribution in [-0.2, 0) is 6.54 Å². The Morgan fingerprint density at radius 3 is 2.40 bits per heavy atom. The third-order valence-electron chi connectivity index (χ3n) is 3.27. The predicted molar refractivity (Wildman–Crippen MR) is 88.6 cm³/mol. The van der Waals surface area contributed by atoms with Gasteiger partial charge in [0.1, 0.15) is 0 Å². The van der Waals surface area contributed by atoms with Gasteiger partial charge >= 0.3 is 0 Å². The van der Waals surface area contributed by atoms with Crippen molar-refractivity contribution in [3.63, 3.8) is 0 Å². The van der Waals surface area contributed by atoms with Gasteiger partial charge in [-0.15, -0.1) is 0 Å². The van der Waals surface area contributed by atoms with Gasteiger partial charge in [0, 0.05) is 22.2 Å². The normalized spacial score (nSPS) is 10.8. The predicted octanol–water partition coefficient (Wildman–Crippen LogP) is 5.47. The summed E-state index contributed by atoms with van der Waals surface area (Å²) in [5, 5.41) is 4.77. The molecule has 0 atom stereocenters. The zero-order valence-electron chi connectivity index (χ0n) is 11.8. The molecule has 0 aliphatic rings. The molecule has 3 heteroatoms. The van der Waals surface area contributed by atoms with Gasteiger partial charge in [-0.25, -0.2) is 0 Å². The first-order valence-corrected chi connectivity index (χ1v) is 7.63. The van der Waals surface area contributed by atoms with Crippen molar-refractivity contribution >= 4 is 23.2 Å². The third-order valence-corrected chi connectivity index (χ3v) is 3.82. The smallest absolute Gasteiger partial charge is 0.0499 e. The summed E-state index contributed by atoms with van der Waals surface area (Å²) in [6, 6.07) is 12.1. The lowest BCUT2D eigenvalue weighted by atomic mass is 9.98. The molecule has 2 rings (SSSR count). The van der Waals surface area contributed by atoms with Crippen LogP contribution >= 0.6 is 23.2 Å². The summed E-state index contributed by atoms with van der Waals surface area (Å²) < 4.78 is 0. The second-order valence-electron chi connectivity index (χ2n) is 4.95. The van der Waals surface area contributed by atoms with E-state index in [9.17, 15) is 0 Å². The van der Waals surface area contributed by atoms with E-state index >= 15 is 0 Å². The van der Waals surface area contributed by atoms with Crippen molar-refractivity contribution in [2.24, 2.45) is 0 Å². The minimum absolute atomic E-state index is 0.664.